The molecule has 0 unspecified atom stereocenters. The van der Waals surface area contributed by atoms with Gasteiger partial charge >= 0.3 is 0 Å². The molecule has 102 valence electrons. The standard InChI is InChI=1S/C15H14N2O3/c18-13-2-1-10-4-6-17(9-12(10)7-13)15(20)11-3-5-16-14(19)8-11/h1-3,5,7-8,18H,4,6,9H2,(H,16,19). The first-order valence-electron chi connectivity index (χ1n) is 6.42. The van der Waals surface area contributed by atoms with Crippen molar-refractivity contribution in [1.82, 2.24) is 9.88 Å². The summed E-state index contributed by atoms with van der Waals surface area (Å²) in [5, 5.41) is 9.52. The minimum absolute atomic E-state index is 0.162. The molecular weight excluding hydrogens is 256 g/mol. The van der Waals surface area contributed by atoms with Gasteiger partial charge in [-0.3, -0.25) is 9.59 Å². The van der Waals surface area contributed by atoms with Crippen molar-refractivity contribution < 1.29 is 9.90 Å². The molecule has 0 spiro atoms. The molecule has 2 aromatic rings. The van der Waals surface area contributed by atoms with E-state index in [-0.39, 0.29) is 17.2 Å². The quantitative estimate of drug-likeness (QED) is 0.819. The third-order valence-corrected chi connectivity index (χ3v) is 3.51. The summed E-state index contributed by atoms with van der Waals surface area (Å²) in [7, 11) is 0. The van der Waals surface area contributed by atoms with Gasteiger partial charge < -0.3 is 15.0 Å². The maximum atomic E-state index is 12.4. The van der Waals surface area contributed by atoms with Crippen LogP contribution in [-0.2, 0) is 13.0 Å². The normalized spacial score (nSPS) is 13.9. The average molecular weight is 270 g/mol. The summed E-state index contributed by atoms with van der Waals surface area (Å²) in [4.78, 5) is 27.8. The number of H-pyrrole nitrogens is 1. The zero-order valence-corrected chi connectivity index (χ0v) is 10.8. The van der Waals surface area contributed by atoms with Crippen LogP contribution in [0.3, 0.4) is 0 Å². The summed E-state index contributed by atoms with van der Waals surface area (Å²) in [6, 6.07) is 8.14. The van der Waals surface area contributed by atoms with Gasteiger partial charge in [-0.25, -0.2) is 0 Å². The molecule has 0 saturated heterocycles. The number of nitrogens with one attached hydrogen (secondary N) is 1. The zero-order chi connectivity index (χ0) is 14.1. The molecule has 0 radical (unpaired) electrons. The Morgan fingerprint density at radius 1 is 1.20 bits per heavy atom. The minimum atomic E-state index is -0.286. The molecule has 0 bridgehead atoms. The third kappa shape index (κ3) is 2.30. The number of amides is 1. The zero-order valence-electron chi connectivity index (χ0n) is 10.8. The highest BCUT2D eigenvalue weighted by Gasteiger charge is 2.22. The largest absolute Gasteiger partial charge is 0.508 e. The Kier molecular flexibility index (Phi) is 3.02. The second-order valence-corrected chi connectivity index (χ2v) is 4.87. The number of nitrogens with zero attached hydrogens (tertiary/aromatic N) is 1. The number of benzene rings is 1. The molecule has 1 aromatic carbocycles. The maximum Gasteiger partial charge on any atom is 0.254 e. The van der Waals surface area contributed by atoms with Crippen LogP contribution in [-0.4, -0.2) is 27.4 Å². The Bertz CT molecular complexity index is 721. The molecule has 1 aliphatic rings. The summed E-state index contributed by atoms with van der Waals surface area (Å²) in [6.07, 6.45) is 2.23. The van der Waals surface area contributed by atoms with Crippen LogP contribution in [0.2, 0.25) is 0 Å². The number of carbonyl (C=O) groups excluding carboxylic acids is 1. The average Bonchev–Trinajstić information content (AvgIpc) is 2.45. The van der Waals surface area contributed by atoms with Crippen LogP contribution in [0.15, 0.2) is 41.3 Å². The SMILES string of the molecule is O=C(c1cc[nH]c(=O)c1)N1CCc2ccc(O)cc2C1. The smallest absolute Gasteiger partial charge is 0.254 e. The number of rotatable bonds is 1. The molecule has 1 aliphatic heterocycles. The predicted molar refractivity (Wildman–Crippen MR) is 73.6 cm³/mol. The van der Waals surface area contributed by atoms with Gasteiger partial charge in [-0.15, -0.1) is 0 Å². The van der Waals surface area contributed by atoms with Crippen LogP contribution in [0.4, 0.5) is 0 Å². The number of aromatic amines is 1. The molecule has 0 aliphatic carbocycles. The fourth-order valence-electron chi connectivity index (χ4n) is 2.48. The predicted octanol–water partition coefficient (Wildman–Crippen LogP) is 1.28. The highest BCUT2D eigenvalue weighted by atomic mass is 16.3. The fourth-order valence-corrected chi connectivity index (χ4v) is 2.48. The van der Waals surface area contributed by atoms with Crippen LogP contribution >= 0.6 is 0 Å². The number of hydrogen-bond acceptors (Lipinski definition) is 3. The molecule has 0 fully saturated rings. The van der Waals surface area contributed by atoms with E-state index in [1.54, 1.807) is 23.1 Å². The van der Waals surface area contributed by atoms with Crippen LogP contribution in [0.5, 0.6) is 5.75 Å². The van der Waals surface area contributed by atoms with Gasteiger partial charge in [0.2, 0.25) is 5.56 Å². The van der Waals surface area contributed by atoms with Gasteiger partial charge in [-0.1, -0.05) is 6.07 Å². The molecule has 3 rings (SSSR count). The van der Waals surface area contributed by atoms with E-state index in [4.69, 9.17) is 0 Å². The van der Waals surface area contributed by atoms with Crippen molar-refractivity contribution in [2.45, 2.75) is 13.0 Å². The third-order valence-electron chi connectivity index (χ3n) is 3.51. The molecule has 20 heavy (non-hydrogen) atoms. The highest BCUT2D eigenvalue weighted by molar-refractivity contribution is 5.94. The minimum Gasteiger partial charge on any atom is -0.508 e. The van der Waals surface area contributed by atoms with Crippen molar-refractivity contribution >= 4 is 5.91 Å². The van der Waals surface area contributed by atoms with Crippen LogP contribution in [0, 0.1) is 0 Å². The number of pyridine rings is 1. The Hall–Kier alpha value is -2.56. The lowest BCUT2D eigenvalue weighted by Gasteiger charge is -2.29. The van der Waals surface area contributed by atoms with Gasteiger partial charge in [0.05, 0.1) is 0 Å². The monoisotopic (exact) mass is 270 g/mol. The molecular formula is C15H14N2O3. The van der Waals surface area contributed by atoms with Crippen molar-refractivity contribution in [2.75, 3.05) is 6.54 Å². The van der Waals surface area contributed by atoms with Crippen LogP contribution < -0.4 is 5.56 Å². The molecule has 1 aromatic heterocycles. The lowest BCUT2D eigenvalue weighted by Crippen LogP contribution is -2.36. The first-order chi connectivity index (χ1) is 9.63. The number of hydrogen-bond donors (Lipinski definition) is 2. The van der Waals surface area contributed by atoms with Gasteiger partial charge in [0.1, 0.15) is 5.75 Å². The van der Waals surface area contributed by atoms with Gasteiger partial charge in [0, 0.05) is 30.9 Å². The Labute approximate surface area is 115 Å². The van der Waals surface area contributed by atoms with Gasteiger partial charge in [-0.05, 0) is 35.7 Å². The van der Waals surface area contributed by atoms with Crippen LogP contribution in [0.25, 0.3) is 0 Å². The molecule has 2 N–H and O–H groups in total. The Balaban J connectivity index is 1.86. The van der Waals surface area contributed by atoms with Gasteiger partial charge in [0.25, 0.3) is 5.91 Å². The van der Waals surface area contributed by atoms with Crippen LogP contribution in [0.1, 0.15) is 21.5 Å². The fraction of sp³-hybridized carbons (Fsp3) is 0.200. The molecule has 5 nitrogen and oxygen atoms in total. The van der Waals surface area contributed by atoms with E-state index in [9.17, 15) is 14.7 Å². The first-order valence-corrected chi connectivity index (χ1v) is 6.42. The molecule has 5 heteroatoms. The lowest BCUT2D eigenvalue weighted by atomic mass is 9.99. The second-order valence-electron chi connectivity index (χ2n) is 4.87. The lowest BCUT2D eigenvalue weighted by molar-refractivity contribution is 0.0734. The second kappa shape index (κ2) is 4.85. The Morgan fingerprint density at radius 3 is 2.85 bits per heavy atom. The summed E-state index contributed by atoms with van der Waals surface area (Å²) in [5.74, 6) is 0.0410. The summed E-state index contributed by atoms with van der Waals surface area (Å²) in [5.41, 5.74) is 2.20. The molecule has 1 amide bonds. The summed E-state index contributed by atoms with van der Waals surface area (Å²) >= 11 is 0. The van der Waals surface area contributed by atoms with E-state index in [0.29, 0.717) is 18.7 Å². The van der Waals surface area contributed by atoms with Gasteiger partial charge in [0.15, 0.2) is 0 Å². The molecule has 2 heterocycles. The molecule has 0 atom stereocenters. The van der Waals surface area contributed by atoms with E-state index in [2.05, 4.69) is 4.98 Å². The van der Waals surface area contributed by atoms with Crippen molar-refractivity contribution in [3.05, 3.63) is 63.6 Å². The first kappa shape index (κ1) is 12.5. The topological polar surface area (TPSA) is 73.4 Å². The van der Waals surface area contributed by atoms with E-state index in [1.807, 2.05) is 6.07 Å². The van der Waals surface area contributed by atoms with E-state index >= 15 is 0 Å². The van der Waals surface area contributed by atoms with Crippen molar-refractivity contribution in [2.24, 2.45) is 0 Å². The number of phenolic OH excluding ortho intramolecular Hbond substituents is 1. The van der Waals surface area contributed by atoms with Crippen molar-refractivity contribution in [3.8, 4) is 5.75 Å². The van der Waals surface area contributed by atoms with Crippen molar-refractivity contribution in [3.63, 3.8) is 0 Å². The highest BCUT2D eigenvalue weighted by Crippen LogP contribution is 2.23. The number of fused-ring (bicyclic) bond motifs is 1. The van der Waals surface area contributed by atoms with Gasteiger partial charge in [-0.2, -0.15) is 0 Å². The Morgan fingerprint density at radius 2 is 2.05 bits per heavy atom. The van der Waals surface area contributed by atoms with E-state index in [0.717, 1.165) is 17.5 Å². The number of phenols is 1. The summed E-state index contributed by atoms with van der Waals surface area (Å²) < 4.78 is 0. The number of aromatic hydroxyl groups is 1. The van der Waals surface area contributed by atoms with E-state index < -0.39 is 0 Å². The van der Waals surface area contributed by atoms with E-state index in [1.165, 1.54) is 12.3 Å². The van der Waals surface area contributed by atoms with Crippen molar-refractivity contribution in [1.29, 1.82) is 0 Å². The number of aromatic nitrogens is 1. The maximum absolute atomic E-state index is 12.4. The summed E-state index contributed by atoms with van der Waals surface area (Å²) in [6.45, 7) is 1.07. The molecule has 0 saturated carbocycles. The number of carbonyl (C=O) groups is 1.